The first-order valence-electron chi connectivity index (χ1n) is 8.60. The first kappa shape index (κ1) is 16.5. The Morgan fingerprint density at radius 3 is 2.57 bits per heavy atom. The summed E-state index contributed by atoms with van der Waals surface area (Å²) in [5.74, 6) is 0.805. The van der Waals surface area contributed by atoms with E-state index in [4.69, 9.17) is 5.73 Å². The third-order valence-corrected chi connectivity index (χ3v) is 5.11. The van der Waals surface area contributed by atoms with Crippen LogP contribution in [0.5, 0.6) is 0 Å². The lowest BCUT2D eigenvalue weighted by Crippen LogP contribution is -2.56. The van der Waals surface area contributed by atoms with Crippen LogP contribution in [0, 0.1) is 12.8 Å². The molecule has 0 saturated heterocycles. The second-order valence-electron chi connectivity index (χ2n) is 7.04. The molecule has 0 aromatic heterocycles. The lowest BCUT2D eigenvalue weighted by atomic mass is 9.75. The van der Waals surface area contributed by atoms with Crippen molar-refractivity contribution in [2.24, 2.45) is 11.7 Å². The van der Waals surface area contributed by atoms with E-state index in [2.05, 4.69) is 49.9 Å². The van der Waals surface area contributed by atoms with Gasteiger partial charge in [-0.2, -0.15) is 0 Å². The fourth-order valence-electron chi connectivity index (χ4n) is 3.90. The van der Waals surface area contributed by atoms with Gasteiger partial charge in [0, 0.05) is 18.6 Å². The summed E-state index contributed by atoms with van der Waals surface area (Å²) >= 11 is 0. The van der Waals surface area contributed by atoms with Gasteiger partial charge in [-0.1, -0.05) is 56.5 Å². The van der Waals surface area contributed by atoms with Gasteiger partial charge in [0.15, 0.2) is 0 Å². The standard InChI is InChI=1S/C19H32N2/c1-4-12-21(14-18-9-7-16(2)8-10-18)19(15-20)11-5-6-17(3)13-19/h7-10,17H,4-6,11-15,20H2,1-3H3. The Labute approximate surface area is 130 Å². The average molecular weight is 288 g/mol. The van der Waals surface area contributed by atoms with Gasteiger partial charge in [0.25, 0.3) is 0 Å². The van der Waals surface area contributed by atoms with Gasteiger partial charge in [0.05, 0.1) is 0 Å². The van der Waals surface area contributed by atoms with Crippen LogP contribution in [-0.2, 0) is 6.54 Å². The molecule has 2 unspecified atom stereocenters. The minimum absolute atomic E-state index is 0.221. The molecule has 2 atom stereocenters. The van der Waals surface area contributed by atoms with Crippen molar-refractivity contribution in [3.05, 3.63) is 35.4 Å². The summed E-state index contributed by atoms with van der Waals surface area (Å²) in [5, 5.41) is 0. The Balaban J connectivity index is 2.17. The summed E-state index contributed by atoms with van der Waals surface area (Å²) in [6.07, 6.45) is 6.41. The van der Waals surface area contributed by atoms with E-state index >= 15 is 0 Å². The van der Waals surface area contributed by atoms with Gasteiger partial charge in [-0.15, -0.1) is 0 Å². The fourth-order valence-corrected chi connectivity index (χ4v) is 3.90. The highest BCUT2D eigenvalue weighted by molar-refractivity contribution is 5.21. The van der Waals surface area contributed by atoms with Crippen molar-refractivity contribution in [3.63, 3.8) is 0 Å². The van der Waals surface area contributed by atoms with Gasteiger partial charge >= 0.3 is 0 Å². The van der Waals surface area contributed by atoms with E-state index in [1.54, 1.807) is 0 Å². The molecule has 2 nitrogen and oxygen atoms in total. The van der Waals surface area contributed by atoms with E-state index in [9.17, 15) is 0 Å². The second kappa shape index (κ2) is 7.42. The molecule has 0 amide bonds. The molecule has 2 heteroatoms. The zero-order valence-corrected chi connectivity index (χ0v) is 14.1. The number of benzene rings is 1. The molecule has 21 heavy (non-hydrogen) atoms. The first-order chi connectivity index (χ1) is 10.1. The van der Waals surface area contributed by atoms with E-state index in [0.29, 0.717) is 0 Å². The van der Waals surface area contributed by atoms with E-state index in [1.807, 2.05) is 0 Å². The molecular formula is C19H32N2. The summed E-state index contributed by atoms with van der Waals surface area (Å²) in [6, 6.07) is 8.99. The predicted octanol–water partition coefficient (Wildman–Crippen LogP) is 4.11. The van der Waals surface area contributed by atoms with Gasteiger partial charge in [-0.3, -0.25) is 4.90 Å². The molecule has 1 aliphatic rings. The maximum absolute atomic E-state index is 6.27. The Morgan fingerprint density at radius 1 is 1.29 bits per heavy atom. The molecule has 1 aromatic rings. The maximum Gasteiger partial charge on any atom is 0.0337 e. The van der Waals surface area contributed by atoms with Crippen LogP contribution < -0.4 is 5.73 Å². The van der Waals surface area contributed by atoms with Gasteiger partial charge in [-0.05, 0) is 44.2 Å². The van der Waals surface area contributed by atoms with Crippen molar-refractivity contribution >= 4 is 0 Å². The minimum Gasteiger partial charge on any atom is -0.329 e. The number of aryl methyl sites for hydroxylation is 1. The molecule has 1 saturated carbocycles. The van der Waals surface area contributed by atoms with Crippen LogP contribution in [0.3, 0.4) is 0 Å². The molecule has 0 radical (unpaired) electrons. The Kier molecular flexibility index (Phi) is 5.83. The number of hydrogen-bond donors (Lipinski definition) is 1. The molecule has 2 N–H and O–H groups in total. The molecule has 0 spiro atoms. The van der Waals surface area contributed by atoms with E-state index in [1.165, 1.54) is 43.2 Å². The summed E-state index contributed by atoms with van der Waals surface area (Å²) < 4.78 is 0. The largest absolute Gasteiger partial charge is 0.329 e. The Hall–Kier alpha value is -0.860. The molecule has 1 fully saturated rings. The van der Waals surface area contributed by atoms with E-state index in [-0.39, 0.29) is 5.54 Å². The molecular weight excluding hydrogens is 256 g/mol. The normalized spacial score (nSPS) is 26.2. The summed E-state index contributed by atoms with van der Waals surface area (Å²) in [5.41, 5.74) is 9.24. The topological polar surface area (TPSA) is 29.3 Å². The number of nitrogens with two attached hydrogens (primary N) is 1. The monoisotopic (exact) mass is 288 g/mol. The van der Waals surface area contributed by atoms with Crippen LogP contribution >= 0.6 is 0 Å². The molecule has 0 bridgehead atoms. The fraction of sp³-hybridized carbons (Fsp3) is 0.684. The maximum atomic E-state index is 6.27. The lowest BCUT2D eigenvalue weighted by molar-refractivity contribution is 0.0321. The molecule has 118 valence electrons. The highest BCUT2D eigenvalue weighted by Gasteiger charge is 2.38. The summed E-state index contributed by atoms with van der Waals surface area (Å²) in [6.45, 7) is 9.80. The molecule has 1 aliphatic carbocycles. The smallest absolute Gasteiger partial charge is 0.0337 e. The highest BCUT2D eigenvalue weighted by atomic mass is 15.2. The van der Waals surface area contributed by atoms with Crippen LogP contribution in [0.1, 0.15) is 57.1 Å². The minimum atomic E-state index is 0.221. The Morgan fingerprint density at radius 2 is 2.00 bits per heavy atom. The van der Waals surface area contributed by atoms with Gasteiger partial charge in [0.1, 0.15) is 0 Å². The number of nitrogens with zero attached hydrogens (tertiary/aromatic N) is 1. The zero-order valence-electron chi connectivity index (χ0n) is 14.1. The third-order valence-electron chi connectivity index (χ3n) is 5.11. The van der Waals surface area contributed by atoms with Crippen LogP contribution in [0.15, 0.2) is 24.3 Å². The van der Waals surface area contributed by atoms with Crippen molar-refractivity contribution in [1.82, 2.24) is 4.90 Å². The number of rotatable bonds is 6. The van der Waals surface area contributed by atoms with E-state index in [0.717, 1.165) is 25.6 Å². The Bertz CT molecular complexity index is 426. The van der Waals surface area contributed by atoms with Crippen molar-refractivity contribution in [3.8, 4) is 0 Å². The quantitative estimate of drug-likeness (QED) is 0.853. The van der Waals surface area contributed by atoms with Gasteiger partial charge < -0.3 is 5.73 Å². The van der Waals surface area contributed by atoms with Crippen molar-refractivity contribution in [2.75, 3.05) is 13.1 Å². The summed E-state index contributed by atoms with van der Waals surface area (Å²) in [7, 11) is 0. The predicted molar refractivity (Wildman–Crippen MR) is 91.3 cm³/mol. The second-order valence-corrected chi connectivity index (χ2v) is 7.04. The van der Waals surface area contributed by atoms with Crippen LogP contribution in [0.25, 0.3) is 0 Å². The first-order valence-corrected chi connectivity index (χ1v) is 8.60. The zero-order chi connectivity index (χ0) is 15.3. The number of hydrogen-bond acceptors (Lipinski definition) is 2. The molecule has 0 heterocycles. The SMILES string of the molecule is CCCN(Cc1ccc(C)cc1)C1(CN)CCCC(C)C1. The average Bonchev–Trinajstić information content (AvgIpc) is 2.49. The molecule has 1 aromatic carbocycles. The lowest BCUT2D eigenvalue weighted by Gasteiger charge is -2.48. The molecule has 2 rings (SSSR count). The van der Waals surface area contributed by atoms with Gasteiger partial charge in [-0.25, -0.2) is 0 Å². The van der Waals surface area contributed by atoms with Crippen molar-refractivity contribution in [1.29, 1.82) is 0 Å². The van der Waals surface area contributed by atoms with Gasteiger partial charge in [0.2, 0.25) is 0 Å². The van der Waals surface area contributed by atoms with Crippen LogP contribution in [-0.4, -0.2) is 23.5 Å². The summed E-state index contributed by atoms with van der Waals surface area (Å²) in [4.78, 5) is 2.67. The van der Waals surface area contributed by atoms with Crippen molar-refractivity contribution < 1.29 is 0 Å². The van der Waals surface area contributed by atoms with Crippen LogP contribution in [0.2, 0.25) is 0 Å². The molecule has 0 aliphatic heterocycles. The van der Waals surface area contributed by atoms with E-state index < -0.39 is 0 Å². The van der Waals surface area contributed by atoms with Crippen molar-refractivity contribution in [2.45, 2.75) is 65.0 Å². The third kappa shape index (κ3) is 4.08. The van der Waals surface area contributed by atoms with Crippen LogP contribution in [0.4, 0.5) is 0 Å². The highest BCUT2D eigenvalue weighted by Crippen LogP contribution is 2.37.